The van der Waals surface area contributed by atoms with E-state index in [0.29, 0.717) is 12.0 Å². The van der Waals surface area contributed by atoms with E-state index in [4.69, 9.17) is 16.3 Å². The van der Waals surface area contributed by atoms with Gasteiger partial charge in [-0.2, -0.15) is 0 Å². The monoisotopic (exact) mass is 242 g/mol. The summed E-state index contributed by atoms with van der Waals surface area (Å²) in [6.45, 7) is 3.22. The maximum Gasteiger partial charge on any atom is 0.342 e. The molecule has 5 heteroatoms. The van der Waals surface area contributed by atoms with Crippen molar-refractivity contribution >= 4 is 17.6 Å². The molecule has 0 bridgehead atoms. The molecule has 86 valence electrons. The molecular weight excluding hydrogens is 232 g/mol. The van der Waals surface area contributed by atoms with Gasteiger partial charge in [0, 0.05) is 12.0 Å². The van der Waals surface area contributed by atoms with Crippen molar-refractivity contribution in [3.8, 4) is 11.5 Å². The maximum atomic E-state index is 11.6. The van der Waals surface area contributed by atoms with Gasteiger partial charge in [-0.1, -0.05) is 11.6 Å². The van der Waals surface area contributed by atoms with Crippen LogP contribution in [-0.4, -0.2) is 22.3 Å². The van der Waals surface area contributed by atoms with Crippen LogP contribution in [0.4, 0.5) is 0 Å². The van der Waals surface area contributed by atoms with Crippen LogP contribution in [0.15, 0.2) is 0 Å². The van der Waals surface area contributed by atoms with Gasteiger partial charge < -0.3 is 14.9 Å². The van der Waals surface area contributed by atoms with Gasteiger partial charge in [0.2, 0.25) is 0 Å². The highest BCUT2D eigenvalue weighted by Gasteiger charge is 2.31. The molecule has 1 heterocycles. The van der Waals surface area contributed by atoms with Crippen LogP contribution in [0.25, 0.3) is 0 Å². The van der Waals surface area contributed by atoms with E-state index < -0.39 is 5.97 Å². The van der Waals surface area contributed by atoms with Crippen LogP contribution < -0.4 is 0 Å². The van der Waals surface area contributed by atoms with E-state index in [1.165, 1.54) is 6.92 Å². The third kappa shape index (κ3) is 1.41. The van der Waals surface area contributed by atoms with Crippen molar-refractivity contribution in [2.24, 2.45) is 0 Å². The molecule has 1 atom stereocenters. The number of esters is 1. The van der Waals surface area contributed by atoms with Crippen molar-refractivity contribution in [1.29, 1.82) is 0 Å². The third-order valence-electron chi connectivity index (χ3n) is 2.73. The minimum Gasteiger partial charge on any atom is -0.507 e. The molecule has 1 aromatic carbocycles. The summed E-state index contributed by atoms with van der Waals surface area (Å²) in [6.07, 6.45) is 0.0837. The molecular formula is C11H11ClO4. The topological polar surface area (TPSA) is 66.8 Å². The second kappa shape index (κ2) is 3.56. The van der Waals surface area contributed by atoms with Crippen molar-refractivity contribution < 1.29 is 19.7 Å². The summed E-state index contributed by atoms with van der Waals surface area (Å²) < 4.78 is 5.00. The maximum absolute atomic E-state index is 11.6. The number of hydrogen-bond donors (Lipinski definition) is 2. The number of phenols is 2. The Kier molecular flexibility index (Phi) is 2.46. The van der Waals surface area contributed by atoms with Crippen molar-refractivity contribution in [2.45, 2.75) is 26.4 Å². The molecule has 0 aromatic heterocycles. The fourth-order valence-corrected chi connectivity index (χ4v) is 2.16. The zero-order chi connectivity index (χ0) is 12.0. The van der Waals surface area contributed by atoms with Crippen LogP contribution in [0, 0.1) is 6.92 Å². The van der Waals surface area contributed by atoms with Gasteiger partial charge in [-0.15, -0.1) is 0 Å². The molecule has 1 aliphatic rings. The number of cyclic esters (lactones) is 1. The normalized spacial score (nSPS) is 19.2. The van der Waals surface area contributed by atoms with Gasteiger partial charge in [0.1, 0.15) is 23.2 Å². The summed E-state index contributed by atoms with van der Waals surface area (Å²) in [5, 5.41) is 19.6. The number of halogens is 1. The van der Waals surface area contributed by atoms with Crippen LogP contribution >= 0.6 is 11.6 Å². The van der Waals surface area contributed by atoms with Gasteiger partial charge >= 0.3 is 5.97 Å². The lowest BCUT2D eigenvalue weighted by molar-refractivity contribution is 0.0297. The number of phenolic OH excluding ortho intramolecular Hbond substituents is 2. The van der Waals surface area contributed by atoms with E-state index in [-0.39, 0.29) is 33.8 Å². The van der Waals surface area contributed by atoms with Crippen LogP contribution in [0.1, 0.15) is 28.4 Å². The molecule has 0 amide bonds. The fourth-order valence-electron chi connectivity index (χ4n) is 1.84. The lowest BCUT2D eigenvalue weighted by atomic mass is 9.95. The molecule has 0 spiro atoms. The van der Waals surface area contributed by atoms with E-state index >= 15 is 0 Å². The first kappa shape index (κ1) is 11.1. The number of carbonyl (C=O) groups is 1. The number of benzene rings is 1. The predicted octanol–water partition coefficient (Wildman–Crippen LogP) is 2.16. The summed E-state index contributed by atoms with van der Waals surface area (Å²) >= 11 is 5.95. The average molecular weight is 243 g/mol. The Balaban J connectivity index is 2.76. The number of rotatable bonds is 0. The lowest BCUT2D eigenvalue weighted by Gasteiger charge is -2.24. The second-order valence-electron chi connectivity index (χ2n) is 3.91. The molecule has 0 saturated carbocycles. The highest BCUT2D eigenvalue weighted by Crippen LogP contribution is 2.42. The van der Waals surface area contributed by atoms with Gasteiger partial charge in [-0.3, -0.25) is 0 Å². The van der Waals surface area contributed by atoms with Crippen LogP contribution in [0.5, 0.6) is 11.5 Å². The number of carbonyl (C=O) groups excluding carboxylic acids is 1. The molecule has 0 fully saturated rings. The van der Waals surface area contributed by atoms with Crippen molar-refractivity contribution in [2.75, 3.05) is 0 Å². The van der Waals surface area contributed by atoms with Crippen molar-refractivity contribution in [3.63, 3.8) is 0 Å². The summed E-state index contributed by atoms with van der Waals surface area (Å²) in [6, 6.07) is 0. The van der Waals surface area contributed by atoms with E-state index in [1.807, 2.05) is 0 Å². The minimum atomic E-state index is -0.601. The summed E-state index contributed by atoms with van der Waals surface area (Å²) in [5.41, 5.74) is 0.708. The first-order valence-corrected chi connectivity index (χ1v) is 5.25. The largest absolute Gasteiger partial charge is 0.507 e. The van der Waals surface area contributed by atoms with E-state index in [1.54, 1.807) is 6.92 Å². The molecule has 2 rings (SSSR count). The van der Waals surface area contributed by atoms with Gasteiger partial charge in [0.25, 0.3) is 0 Å². The lowest BCUT2D eigenvalue weighted by Crippen LogP contribution is -2.25. The SMILES string of the molecule is Cc1c(O)c(Cl)c2c(c1O)C(=O)O[C@@H](C)C2. The Hall–Kier alpha value is -1.42. The fraction of sp³-hybridized carbons (Fsp3) is 0.364. The average Bonchev–Trinajstić information content (AvgIpc) is 2.22. The quantitative estimate of drug-likeness (QED) is 0.684. The van der Waals surface area contributed by atoms with Gasteiger partial charge in [0.15, 0.2) is 0 Å². The molecule has 1 aromatic rings. The number of fused-ring (bicyclic) bond motifs is 1. The van der Waals surface area contributed by atoms with E-state index in [9.17, 15) is 15.0 Å². The van der Waals surface area contributed by atoms with Gasteiger partial charge in [-0.05, 0) is 19.4 Å². The Bertz CT molecular complexity index is 482. The van der Waals surface area contributed by atoms with Crippen LogP contribution in [0.2, 0.25) is 5.02 Å². The summed E-state index contributed by atoms with van der Waals surface area (Å²) in [7, 11) is 0. The molecule has 0 radical (unpaired) electrons. The Morgan fingerprint density at radius 1 is 1.38 bits per heavy atom. The number of ether oxygens (including phenoxy) is 1. The second-order valence-corrected chi connectivity index (χ2v) is 4.29. The molecule has 2 N–H and O–H groups in total. The molecule has 16 heavy (non-hydrogen) atoms. The Morgan fingerprint density at radius 3 is 2.62 bits per heavy atom. The van der Waals surface area contributed by atoms with Gasteiger partial charge in [-0.25, -0.2) is 4.79 Å². The number of aromatic hydroxyl groups is 2. The highest BCUT2D eigenvalue weighted by atomic mass is 35.5. The number of hydrogen-bond acceptors (Lipinski definition) is 4. The molecule has 4 nitrogen and oxygen atoms in total. The zero-order valence-electron chi connectivity index (χ0n) is 8.87. The highest BCUT2D eigenvalue weighted by molar-refractivity contribution is 6.33. The third-order valence-corrected chi connectivity index (χ3v) is 3.13. The summed E-state index contributed by atoms with van der Waals surface area (Å²) in [4.78, 5) is 11.6. The van der Waals surface area contributed by atoms with Crippen molar-refractivity contribution in [3.05, 3.63) is 21.7 Å². The van der Waals surface area contributed by atoms with Crippen LogP contribution in [0.3, 0.4) is 0 Å². The smallest absolute Gasteiger partial charge is 0.342 e. The molecule has 0 aliphatic carbocycles. The molecule has 0 saturated heterocycles. The summed E-state index contributed by atoms with van der Waals surface area (Å²) in [5.74, 6) is -1.04. The molecule has 0 unspecified atom stereocenters. The minimum absolute atomic E-state index is 0.0680. The zero-order valence-corrected chi connectivity index (χ0v) is 9.63. The van der Waals surface area contributed by atoms with E-state index in [2.05, 4.69) is 0 Å². The van der Waals surface area contributed by atoms with Crippen molar-refractivity contribution in [1.82, 2.24) is 0 Å². The first-order valence-electron chi connectivity index (χ1n) is 4.87. The molecule has 1 aliphatic heterocycles. The van der Waals surface area contributed by atoms with Crippen LogP contribution in [-0.2, 0) is 11.2 Å². The Labute approximate surface area is 97.4 Å². The van der Waals surface area contributed by atoms with E-state index in [0.717, 1.165) is 0 Å². The van der Waals surface area contributed by atoms with Gasteiger partial charge in [0.05, 0.1) is 5.02 Å². The standard InChI is InChI=1S/C11H11ClO4/c1-4-3-6-7(11(15)16-4)9(13)5(2)10(14)8(6)12/h4,13-14H,3H2,1-2H3/t4-/m0/s1. The Morgan fingerprint density at radius 2 is 2.00 bits per heavy atom. The first-order chi connectivity index (χ1) is 7.43. The predicted molar refractivity (Wildman–Crippen MR) is 58.1 cm³/mol.